The van der Waals surface area contributed by atoms with Gasteiger partial charge in [0.15, 0.2) is 5.13 Å². The lowest BCUT2D eigenvalue weighted by molar-refractivity contribution is -0.114. The van der Waals surface area contributed by atoms with E-state index in [1.54, 1.807) is 11.3 Å². The number of aromatic nitrogens is 3. The molecule has 0 aliphatic heterocycles. The molecule has 0 saturated heterocycles. The van der Waals surface area contributed by atoms with Gasteiger partial charge in [-0.3, -0.25) is 9.48 Å². The molecule has 1 atom stereocenters. The third-order valence-electron chi connectivity index (χ3n) is 4.24. The summed E-state index contributed by atoms with van der Waals surface area (Å²) >= 11 is 1.56. The maximum atomic E-state index is 11.3. The second-order valence-electron chi connectivity index (χ2n) is 5.87. The van der Waals surface area contributed by atoms with E-state index in [4.69, 9.17) is 0 Å². The summed E-state index contributed by atoms with van der Waals surface area (Å²) in [6.07, 6.45) is 11.9. The summed E-state index contributed by atoms with van der Waals surface area (Å²) < 4.78 is 2.15. The predicted octanol–water partition coefficient (Wildman–Crippen LogP) is 3.34. The highest BCUT2D eigenvalue weighted by Gasteiger charge is 2.27. The molecule has 2 aliphatic rings. The van der Waals surface area contributed by atoms with E-state index in [2.05, 4.69) is 32.2 Å². The van der Waals surface area contributed by atoms with Gasteiger partial charge in [-0.2, -0.15) is 5.10 Å². The highest BCUT2D eigenvalue weighted by Crippen LogP contribution is 2.41. The molecular formula is C16H18N4OS. The Morgan fingerprint density at radius 1 is 1.45 bits per heavy atom. The van der Waals surface area contributed by atoms with Gasteiger partial charge in [0.05, 0.1) is 28.5 Å². The van der Waals surface area contributed by atoms with Crippen molar-refractivity contribution in [2.24, 2.45) is 0 Å². The Morgan fingerprint density at radius 3 is 3.14 bits per heavy atom. The van der Waals surface area contributed by atoms with Gasteiger partial charge in [0.2, 0.25) is 5.91 Å². The van der Waals surface area contributed by atoms with Gasteiger partial charge in [0.1, 0.15) is 0 Å². The van der Waals surface area contributed by atoms with Crippen molar-refractivity contribution in [2.75, 3.05) is 5.32 Å². The maximum absolute atomic E-state index is 11.3. The first kappa shape index (κ1) is 13.7. The SMILES string of the molecule is CC(=O)Nc1nc2c(s1)-c1c(cnn1C1C=CCCC1)CC2. The van der Waals surface area contributed by atoms with Crippen molar-refractivity contribution in [3.05, 3.63) is 29.6 Å². The molecule has 2 heterocycles. The number of nitrogens with zero attached hydrogens (tertiary/aromatic N) is 3. The Hall–Kier alpha value is -1.95. The van der Waals surface area contributed by atoms with Crippen molar-refractivity contribution in [2.45, 2.75) is 45.1 Å². The van der Waals surface area contributed by atoms with Crippen LogP contribution >= 0.6 is 11.3 Å². The number of carbonyl (C=O) groups is 1. The highest BCUT2D eigenvalue weighted by atomic mass is 32.1. The summed E-state index contributed by atoms with van der Waals surface area (Å²) in [5.41, 5.74) is 3.58. The maximum Gasteiger partial charge on any atom is 0.223 e. The van der Waals surface area contributed by atoms with Crippen molar-refractivity contribution < 1.29 is 4.79 Å². The summed E-state index contributed by atoms with van der Waals surface area (Å²) in [5, 5.41) is 8.15. The van der Waals surface area contributed by atoms with Crippen LogP contribution in [-0.2, 0) is 17.6 Å². The van der Waals surface area contributed by atoms with E-state index >= 15 is 0 Å². The van der Waals surface area contributed by atoms with Crippen molar-refractivity contribution in [1.29, 1.82) is 0 Å². The number of nitrogens with one attached hydrogen (secondary N) is 1. The third kappa shape index (κ3) is 2.27. The average Bonchev–Trinajstić information content (AvgIpc) is 3.09. The molecule has 6 heteroatoms. The molecule has 2 aliphatic carbocycles. The number of rotatable bonds is 2. The Balaban J connectivity index is 1.77. The van der Waals surface area contributed by atoms with Crippen LogP contribution in [0.1, 0.15) is 43.5 Å². The van der Waals surface area contributed by atoms with Crippen LogP contribution in [0.15, 0.2) is 18.3 Å². The topological polar surface area (TPSA) is 59.8 Å². The van der Waals surface area contributed by atoms with E-state index in [0.29, 0.717) is 11.2 Å². The van der Waals surface area contributed by atoms with Crippen LogP contribution in [0.25, 0.3) is 10.6 Å². The van der Waals surface area contributed by atoms with E-state index in [0.717, 1.165) is 25.0 Å². The summed E-state index contributed by atoms with van der Waals surface area (Å²) in [7, 11) is 0. The highest BCUT2D eigenvalue weighted by molar-refractivity contribution is 7.19. The number of hydrogen-bond donors (Lipinski definition) is 1. The number of hydrogen-bond acceptors (Lipinski definition) is 4. The fraction of sp³-hybridized carbons (Fsp3) is 0.438. The van der Waals surface area contributed by atoms with Gasteiger partial charge in [0.25, 0.3) is 0 Å². The molecule has 5 nitrogen and oxygen atoms in total. The predicted molar refractivity (Wildman–Crippen MR) is 87.1 cm³/mol. The molecule has 0 aromatic carbocycles. The second-order valence-corrected chi connectivity index (χ2v) is 6.86. The molecule has 1 N–H and O–H groups in total. The third-order valence-corrected chi connectivity index (χ3v) is 5.26. The Bertz CT molecular complexity index is 758. The summed E-state index contributed by atoms with van der Waals surface area (Å²) in [6.45, 7) is 1.52. The average molecular weight is 314 g/mol. The zero-order chi connectivity index (χ0) is 15.1. The van der Waals surface area contributed by atoms with Crippen molar-refractivity contribution in [1.82, 2.24) is 14.8 Å². The quantitative estimate of drug-likeness (QED) is 0.865. The van der Waals surface area contributed by atoms with Crippen LogP contribution in [0.2, 0.25) is 0 Å². The van der Waals surface area contributed by atoms with Gasteiger partial charge in [-0.1, -0.05) is 23.5 Å². The molecule has 0 fully saturated rings. The zero-order valence-electron chi connectivity index (χ0n) is 12.5. The van der Waals surface area contributed by atoms with Crippen LogP contribution in [0, 0.1) is 0 Å². The lowest BCUT2D eigenvalue weighted by Gasteiger charge is -2.21. The lowest BCUT2D eigenvalue weighted by Crippen LogP contribution is -2.13. The smallest absolute Gasteiger partial charge is 0.223 e. The van der Waals surface area contributed by atoms with Gasteiger partial charge in [-0.15, -0.1) is 0 Å². The lowest BCUT2D eigenvalue weighted by atomic mass is 9.98. The molecule has 2 aromatic heterocycles. The van der Waals surface area contributed by atoms with Crippen molar-refractivity contribution >= 4 is 22.4 Å². The number of anilines is 1. The van der Waals surface area contributed by atoms with Crippen LogP contribution < -0.4 is 5.32 Å². The van der Waals surface area contributed by atoms with Crippen molar-refractivity contribution in [3.63, 3.8) is 0 Å². The number of fused-ring (bicyclic) bond motifs is 3. The van der Waals surface area contributed by atoms with E-state index in [1.165, 1.54) is 35.9 Å². The molecule has 22 heavy (non-hydrogen) atoms. The largest absolute Gasteiger partial charge is 0.302 e. The standard InChI is InChI=1S/C16H18N4OS/c1-10(21)18-16-19-13-8-7-11-9-17-20(14(11)15(13)22-16)12-5-3-2-4-6-12/h3,5,9,12H,2,4,6-8H2,1H3,(H,18,19,21). The Kier molecular flexibility index (Phi) is 3.33. The van der Waals surface area contributed by atoms with Gasteiger partial charge in [-0.25, -0.2) is 4.98 Å². The van der Waals surface area contributed by atoms with E-state index < -0.39 is 0 Å². The van der Waals surface area contributed by atoms with Crippen LogP contribution in [0.5, 0.6) is 0 Å². The monoisotopic (exact) mass is 314 g/mol. The molecule has 0 bridgehead atoms. The molecule has 0 radical (unpaired) electrons. The van der Waals surface area contributed by atoms with Crippen molar-refractivity contribution in [3.8, 4) is 10.6 Å². The minimum atomic E-state index is -0.0740. The summed E-state index contributed by atoms with van der Waals surface area (Å²) in [4.78, 5) is 17.0. The van der Waals surface area contributed by atoms with Gasteiger partial charge in [-0.05, 0) is 37.7 Å². The molecular weight excluding hydrogens is 296 g/mol. The van der Waals surface area contributed by atoms with E-state index in [1.807, 2.05) is 6.20 Å². The van der Waals surface area contributed by atoms with E-state index in [9.17, 15) is 4.79 Å². The minimum absolute atomic E-state index is 0.0740. The first-order valence-corrected chi connectivity index (χ1v) is 8.55. The first-order chi connectivity index (χ1) is 10.7. The molecule has 4 rings (SSSR count). The Morgan fingerprint density at radius 2 is 2.36 bits per heavy atom. The number of carbonyl (C=O) groups excluding carboxylic acids is 1. The number of allylic oxidation sites excluding steroid dienone is 2. The molecule has 2 aromatic rings. The van der Waals surface area contributed by atoms with Gasteiger partial charge >= 0.3 is 0 Å². The number of thiazole rings is 1. The molecule has 0 spiro atoms. The zero-order valence-corrected chi connectivity index (χ0v) is 13.3. The normalized spacial score (nSPS) is 19.6. The number of aryl methyl sites for hydroxylation is 2. The fourth-order valence-electron chi connectivity index (χ4n) is 3.24. The Labute approximate surface area is 133 Å². The summed E-state index contributed by atoms with van der Waals surface area (Å²) in [6, 6.07) is 0.342. The molecule has 0 saturated carbocycles. The molecule has 1 unspecified atom stereocenters. The second kappa shape index (κ2) is 5.35. The minimum Gasteiger partial charge on any atom is -0.302 e. The molecule has 1 amide bonds. The van der Waals surface area contributed by atoms with Crippen LogP contribution in [0.4, 0.5) is 5.13 Å². The first-order valence-electron chi connectivity index (χ1n) is 7.73. The van der Waals surface area contributed by atoms with Crippen LogP contribution in [0.3, 0.4) is 0 Å². The summed E-state index contributed by atoms with van der Waals surface area (Å²) in [5.74, 6) is -0.0740. The number of amides is 1. The van der Waals surface area contributed by atoms with Gasteiger partial charge in [0, 0.05) is 6.92 Å². The van der Waals surface area contributed by atoms with Gasteiger partial charge < -0.3 is 5.32 Å². The van der Waals surface area contributed by atoms with E-state index in [-0.39, 0.29) is 5.91 Å². The van der Waals surface area contributed by atoms with Crippen LogP contribution in [-0.4, -0.2) is 20.7 Å². The fourth-order valence-corrected chi connectivity index (χ4v) is 4.37. The molecule has 114 valence electrons.